The highest BCUT2D eigenvalue weighted by Gasteiger charge is 2.57. The van der Waals surface area contributed by atoms with Gasteiger partial charge in [0.25, 0.3) is 0 Å². The normalized spacial score (nSPS) is 19.4. The summed E-state index contributed by atoms with van der Waals surface area (Å²) in [6, 6.07) is 13.2. The number of benzene rings is 2. The summed E-state index contributed by atoms with van der Waals surface area (Å²) in [6.07, 6.45) is 1.57. The molecule has 2 aliphatic heterocycles. The predicted octanol–water partition coefficient (Wildman–Crippen LogP) is 1.95. The van der Waals surface area contributed by atoms with E-state index in [-0.39, 0.29) is 24.8 Å². The van der Waals surface area contributed by atoms with Gasteiger partial charge in [0, 0.05) is 17.7 Å². The minimum absolute atomic E-state index is 0.0658. The second kappa shape index (κ2) is 6.53. The Morgan fingerprint density at radius 3 is 2.65 bits per heavy atom. The molecule has 0 aliphatic carbocycles. The standard InChI is InChI=1S/C23H21N5O3/c1-13-7-8-17(14(2)9-13)28-21-16(11-25-28)23(10-20(30)26-21)15-5-3-4-6-18(15)27(22(23)31)12-19(24)29/h3-9,11H,10,12H2,1-2H3,(H2,24,29)(H,26,30). The third-order valence-electron chi connectivity index (χ3n) is 6.07. The van der Waals surface area contributed by atoms with Gasteiger partial charge in [0.05, 0.1) is 11.9 Å². The quantitative estimate of drug-likeness (QED) is 0.681. The van der Waals surface area contributed by atoms with E-state index in [4.69, 9.17) is 5.73 Å². The topological polar surface area (TPSA) is 110 Å². The second-order valence-electron chi connectivity index (χ2n) is 8.11. The molecule has 3 heterocycles. The van der Waals surface area contributed by atoms with Crippen LogP contribution in [0.3, 0.4) is 0 Å². The van der Waals surface area contributed by atoms with Crippen molar-refractivity contribution in [3.8, 4) is 5.69 Å². The molecule has 0 bridgehead atoms. The van der Waals surface area contributed by atoms with Crippen LogP contribution in [0.5, 0.6) is 0 Å². The van der Waals surface area contributed by atoms with Gasteiger partial charge in [0.2, 0.25) is 17.7 Å². The van der Waals surface area contributed by atoms with Crippen LogP contribution in [0.4, 0.5) is 11.5 Å². The molecular weight excluding hydrogens is 394 g/mol. The summed E-state index contributed by atoms with van der Waals surface area (Å²) in [4.78, 5) is 39.7. The Labute approximate surface area is 178 Å². The average molecular weight is 415 g/mol. The van der Waals surface area contributed by atoms with Crippen LogP contribution in [0.25, 0.3) is 5.69 Å². The summed E-state index contributed by atoms with van der Waals surface area (Å²) in [5.74, 6) is -0.786. The van der Waals surface area contributed by atoms with Crippen LogP contribution < -0.4 is 16.0 Å². The fraction of sp³-hybridized carbons (Fsp3) is 0.217. The molecule has 1 atom stereocenters. The first-order valence-corrected chi connectivity index (χ1v) is 9.98. The zero-order chi connectivity index (χ0) is 21.9. The van der Waals surface area contributed by atoms with Gasteiger partial charge < -0.3 is 16.0 Å². The maximum atomic E-state index is 13.7. The van der Waals surface area contributed by atoms with Gasteiger partial charge in [0.1, 0.15) is 17.8 Å². The SMILES string of the molecule is Cc1ccc(-n2ncc3c2NC(=O)CC32C(=O)N(CC(N)=O)c3ccccc32)c(C)c1. The van der Waals surface area contributed by atoms with Crippen molar-refractivity contribution in [2.24, 2.45) is 5.73 Å². The molecule has 1 aromatic heterocycles. The Bertz CT molecular complexity index is 1280. The number of amides is 3. The molecule has 0 fully saturated rings. The van der Waals surface area contributed by atoms with Crippen LogP contribution in [0, 0.1) is 13.8 Å². The molecule has 31 heavy (non-hydrogen) atoms. The summed E-state index contributed by atoms with van der Waals surface area (Å²) in [7, 11) is 0. The molecule has 0 saturated heterocycles. The molecule has 2 aliphatic rings. The van der Waals surface area contributed by atoms with Gasteiger partial charge in [-0.25, -0.2) is 4.68 Å². The van der Waals surface area contributed by atoms with Crippen LogP contribution in [-0.4, -0.2) is 34.0 Å². The van der Waals surface area contributed by atoms with Crippen LogP contribution in [0.15, 0.2) is 48.7 Å². The highest BCUT2D eigenvalue weighted by Crippen LogP contribution is 2.52. The fourth-order valence-corrected chi connectivity index (χ4v) is 4.79. The van der Waals surface area contributed by atoms with Crippen LogP contribution in [-0.2, 0) is 19.8 Å². The Balaban J connectivity index is 1.75. The van der Waals surface area contributed by atoms with Crippen molar-refractivity contribution in [1.82, 2.24) is 9.78 Å². The molecule has 2 aromatic carbocycles. The summed E-state index contributed by atoms with van der Waals surface area (Å²) < 4.78 is 1.66. The third-order valence-corrected chi connectivity index (χ3v) is 6.07. The average Bonchev–Trinajstić information content (AvgIpc) is 3.22. The van der Waals surface area contributed by atoms with E-state index in [9.17, 15) is 14.4 Å². The smallest absolute Gasteiger partial charge is 0.243 e. The molecule has 3 amide bonds. The summed E-state index contributed by atoms with van der Waals surface area (Å²) in [5, 5.41) is 7.45. The van der Waals surface area contributed by atoms with E-state index in [0.717, 1.165) is 16.8 Å². The third kappa shape index (κ3) is 2.61. The van der Waals surface area contributed by atoms with E-state index in [1.165, 1.54) is 4.90 Å². The van der Waals surface area contributed by atoms with Crippen molar-refractivity contribution >= 4 is 29.2 Å². The lowest BCUT2D eigenvalue weighted by molar-refractivity contribution is -0.127. The molecule has 8 nitrogen and oxygen atoms in total. The van der Waals surface area contributed by atoms with Crippen LogP contribution in [0.2, 0.25) is 0 Å². The first kappa shape index (κ1) is 19.0. The maximum absolute atomic E-state index is 13.7. The number of nitrogens with two attached hydrogens (primary N) is 1. The van der Waals surface area contributed by atoms with Crippen molar-refractivity contribution in [2.45, 2.75) is 25.7 Å². The number of fused-ring (bicyclic) bond motifs is 4. The number of nitrogens with one attached hydrogen (secondary N) is 1. The minimum Gasteiger partial charge on any atom is -0.368 e. The van der Waals surface area contributed by atoms with Gasteiger partial charge in [-0.1, -0.05) is 35.9 Å². The number of aryl methyl sites for hydroxylation is 2. The lowest BCUT2D eigenvalue weighted by atomic mass is 9.72. The van der Waals surface area contributed by atoms with E-state index in [0.29, 0.717) is 22.6 Å². The lowest BCUT2D eigenvalue weighted by Crippen LogP contribution is -2.48. The van der Waals surface area contributed by atoms with Crippen molar-refractivity contribution in [1.29, 1.82) is 0 Å². The van der Waals surface area contributed by atoms with E-state index in [1.807, 2.05) is 44.2 Å². The number of aromatic nitrogens is 2. The molecule has 156 valence electrons. The molecule has 1 spiro atoms. The summed E-state index contributed by atoms with van der Waals surface area (Å²) in [6.45, 7) is 3.73. The Kier molecular flexibility index (Phi) is 4.01. The first-order valence-electron chi connectivity index (χ1n) is 9.98. The van der Waals surface area contributed by atoms with E-state index in [1.54, 1.807) is 23.0 Å². The van der Waals surface area contributed by atoms with E-state index < -0.39 is 11.3 Å². The van der Waals surface area contributed by atoms with Gasteiger partial charge in [-0.2, -0.15) is 5.10 Å². The molecule has 1 unspecified atom stereocenters. The molecule has 0 radical (unpaired) electrons. The largest absolute Gasteiger partial charge is 0.368 e. The number of hydrogen-bond donors (Lipinski definition) is 2. The molecular formula is C23H21N5O3. The number of nitrogens with zero attached hydrogens (tertiary/aromatic N) is 3. The Morgan fingerprint density at radius 2 is 1.90 bits per heavy atom. The number of primary amides is 1. The predicted molar refractivity (Wildman–Crippen MR) is 115 cm³/mol. The van der Waals surface area contributed by atoms with Gasteiger partial charge in [-0.05, 0) is 37.1 Å². The molecule has 0 saturated carbocycles. The zero-order valence-electron chi connectivity index (χ0n) is 17.2. The highest BCUT2D eigenvalue weighted by atomic mass is 16.2. The number of anilines is 2. The summed E-state index contributed by atoms with van der Waals surface area (Å²) >= 11 is 0. The second-order valence-corrected chi connectivity index (χ2v) is 8.11. The van der Waals surface area contributed by atoms with Crippen LogP contribution >= 0.6 is 0 Å². The maximum Gasteiger partial charge on any atom is 0.243 e. The Hall–Kier alpha value is -3.94. The van der Waals surface area contributed by atoms with Crippen molar-refractivity contribution < 1.29 is 14.4 Å². The Morgan fingerprint density at radius 1 is 1.13 bits per heavy atom. The van der Waals surface area contributed by atoms with Gasteiger partial charge in [0.15, 0.2) is 0 Å². The first-order chi connectivity index (χ1) is 14.8. The molecule has 8 heteroatoms. The number of hydrogen-bond acceptors (Lipinski definition) is 4. The molecule has 3 aromatic rings. The van der Waals surface area contributed by atoms with Gasteiger partial charge >= 0.3 is 0 Å². The number of para-hydroxylation sites is 1. The lowest BCUT2D eigenvalue weighted by Gasteiger charge is -2.32. The fourth-order valence-electron chi connectivity index (χ4n) is 4.79. The number of carbonyl (C=O) groups is 3. The van der Waals surface area contributed by atoms with Crippen molar-refractivity contribution in [3.63, 3.8) is 0 Å². The van der Waals surface area contributed by atoms with Gasteiger partial charge in [-0.3, -0.25) is 14.4 Å². The van der Waals surface area contributed by atoms with Gasteiger partial charge in [-0.15, -0.1) is 0 Å². The summed E-state index contributed by atoms with van der Waals surface area (Å²) in [5.41, 5.74) is 8.96. The van der Waals surface area contributed by atoms with E-state index >= 15 is 0 Å². The van der Waals surface area contributed by atoms with Crippen molar-refractivity contribution in [3.05, 3.63) is 70.9 Å². The monoisotopic (exact) mass is 415 g/mol. The number of rotatable bonds is 3. The minimum atomic E-state index is -1.25. The zero-order valence-corrected chi connectivity index (χ0v) is 17.2. The van der Waals surface area contributed by atoms with Crippen molar-refractivity contribution in [2.75, 3.05) is 16.8 Å². The number of carbonyl (C=O) groups excluding carboxylic acids is 3. The molecule has 3 N–H and O–H groups in total. The van der Waals surface area contributed by atoms with Crippen LogP contribution in [0.1, 0.15) is 28.7 Å². The van der Waals surface area contributed by atoms with E-state index in [2.05, 4.69) is 10.4 Å². The highest BCUT2D eigenvalue weighted by molar-refractivity contribution is 6.17. The molecule has 5 rings (SSSR count).